The van der Waals surface area contributed by atoms with E-state index in [2.05, 4.69) is 43.0 Å². The van der Waals surface area contributed by atoms with E-state index < -0.39 is 0 Å². The second-order valence-electron chi connectivity index (χ2n) is 7.83. The van der Waals surface area contributed by atoms with Gasteiger partial charge in [0, 0.05) is 58.4 Å². The van der Waals surface area contributed by atoms with Crippen LogP contribution in [0.15, 0.2) is 12.4 Å². The minimum Gasteiger partial charge on any atom is -0.378 e. The molecule has 1 N–H and O–H groups in total. The van der Waals surface area contributed by atoms with Crippen molar-refractivity contribution < 1.29 is 4.74 Å². The number of nitrogens with one attached hydrogen (secondary N) is 1. The van der Waals surface area contributed by atoms with Crippen molar-refractivity contribution in [2.24, 2.45) is 5.41 Å². The second-order valence-corrected chi connectivity index (χ2v) is 7.83. The fourth-order valence-corrected chi connectivity index (χ4v) is 4.15. The lowest BCUT2D eigenvalue weighted by Crippen LogP contribution is -2.50. The molecule has 3 aliphatic heterocycles. The summed E-state index contributed by atoms with van der Waals surface area (Å²) in [4.78, 5) is 16.3. The minimum absolute atomic E-state index is 0.445. The fraction of sp³-hybridized carbons (Fsp3) is 0.778. The van der Waals surface area contributed by atoms with E-state index in [1.807, 2.05) is 0 Å². The lowest BCUT2D eigenvalue weighted by atomic mass is 9.89. The molecule has 1 atom stereocenters. The summed E-state index contributed by atoms with van der Waals surface area (Å²) >= 11 is 0. The number of hydrogen-bond donors (Lipinski definition) is 1. The highest BCUT2D eigenvalue weighted by molar-refractivity contribution is 5.50. The van der Waals surface area contributed by atoms with Gasteiger partial charge in [0.05, 0.1) is 13.2 Å². The highest BCUT2D eigenvalue weighted by Gasteiger charge is 2.32. The zero-order chi connectivity index (χ0) is 17.1. The molecule has 0 bridgehead atoms. The second kappa shape index (κ2) is 7.43. The number of piperazine rings is 1. The van der Waals surface area contributed by atoms with Crippen molar-refractivity contribution in [3.8, 4) is 0 Å². The molecule has 3 fully saturated rings. The van der Waals surface area contributed by atoms with E-state index in [0.717, 1.165) is 70.7 Å². The van der Waals surface area contributed by atoms with Crippen LogP contribution in [0.3, 0.4) is 0 Å². The number of nitrogens with zero attached hydrogens (tertiary/aromatic N) is 5. The predicted molar refractivity (Wildman–Crippen MR) is 99.3 cm³/mol. The lowest BCUT2D eigenvalue weighted by molar-refractivity contribution is 0.122. The first-order chi connectivity index (χ1) is 12.2. The normalized spacial score (nSPS) is 28.5. The molecule has 0 amide bonds. The first-order valence-corrected chi connectivity index (χ1v) is 9.55. The van der Waals surface area contributed by atoms with Gasteiger partial charge in [0.1, 0.15) is 18.0 Å². The van der Waals surface area contributed by atoms with Gasteiger partial charge in [0.2, 0.25) is 0 Å². The maximum atomic E-state index is 5.44. The summed E-state index contributed by atoms with van der Waals surface area (Å²) in [6.45, 7) is 13.7. The first-order valence-electron chi connectivity index (χ1n) is 9.55. The van der Waals surface area contributed by atoms with Gasteiger partial charge in [0.15, 0.2) is 0 Å². The molecule has 0 radical (unpaired) electrons. The van der Waals surface area contributed by atoms with E-state index in [1.54, 1.807) is 6.33 Å². The Bertz CT molecular complexity index is 562. The Kier molecular flexibility index (Phi) is 5.05. The van der Waals surface area contributed by atoms with E-state index >= 15 is 0 Å². The van der Waals surface area contributed by atoms with Crippen LogP contribution in [0.2, 0.25) is 0 Å². The Hall–Kier alpha value is -1.44. The van der Waals surface area contributed by atoms with Crippen LogP contribution in [-0.4, -0.2) is 87.0 Å². The number of morpholine rings is 1. The van der Waals surface area contributed by atoms with Gasteiger partial charge in [-0.1, -0.05) is 6.92 Å². The van der Waals surface area contributed by atoms with Crippen LogP contribution < -0.4 is 15.1 Å². The Morgan fingerprint density at radius 1 is 1.04 bits per heavy atom. The number of rotatable bonds is 4. The van der Waals surface area contributed by atoms with Crippen LogP contribution in [0.4, 0.5) is 11.6 Å². The molecule has 1 aromatic heterocycles. The third kappa shape index (κ3) is 4.04. The van der Waals surface area contributed by atoms with Crippen LogP contribution in [0, 0.1) is 5.41 Å². The summed E-state index contributed by atoms with van der Waals surface area (Å²) in [5.74, 6) is 2.09. The average molecular weight is 346 g/mol. The predicted octanol–water partition coefficient (Wildman–Crippen LogP) is 0.435. The van der Waals surface area contributed by atoms with Gasteiger partial charge in [-0.05, 0) is 18.4 Å². The largest absolute Gasteiger partial charge is 0.378 e. The average Bonchev–Trinajstić information content (AvgIpc) is 3.09. The molecule has 1 aromatic rings. The summed E-state index contributed by atoms with van der Waals surface area (Å²) in [5.41, 5.74) is 0.445. The number of anilines is 2. The van der Waals surface area contributed by atoms with Gasteiger partial charge >= 0.3 is 0 Å². The third-order valence-electron chi connectivity index (χ3n) is 5.73. The maximum Gasteiger partial charge on any atom is 0.134 e. The molecule has 7 heteroatoms. The monoisotopic (exact) mass is 346 g/mol. The van der Waals surface area contributed by atoms with E-state index in [1.165, 1.54) is 19.5 Å². The van der Waals surface area contributed by atoms with Crippen molar-refractivity contribution in [2.75, 3.05) is 81.9 Å². The van der Waals surface area contributed by atoms with Crippen molar-refractivity contribution in [1.82, 2.24) is 20.2 Å². The van der Waals surface area contributed by atoms with E-state index in [0.29, 0.717) is 5.41 Å². The molecule has 0 aromatic carbocycles. The van der Waals surface area contributed by atoms with E-state index in [4.69, 9.17) is 4.74 Å². The van der Waals surface area contributed by atoms with Crippen molar-refractivity contribution >= 4 is 11.6 Å². The molecule has 138 valence electrons. The Morgan fingerprint density at radius 3 is 2.36 bits per heavy atom. The summed E-state index contributed by atoms with van der Waals surface area (Å²) in [7, 11) is 0. The molecule has 7 nitrogen and oxygen atoms in total. The number of aromatic nitrogens is 2. The topological polar surface area (TPSA) is 56.8 Å². The molecule has 0 spiro atoms. The summed E-state index contributed by atoms with van der Waals surface area (Å²) in [5, 5.41) is 3.51. The van der Waals surface area contributed by atoms with Crippen LogP contribution in [0.5, 0.6) is 0 Å². The Morgan fingerprint density at radius 2 is 1.72 bits per heavy atom. The van der Waals surface area contributed by atoms with E-state index in [9.17, 15) is 0 Å². The molecule has 4 rings (SSSR count). The van der Waals surface area contributed by atoms with Crippen LogP contribution in [-0.2, 0) is 4.74 Å². The molecule has 4 heterocycles. The number of ether oxygens (including phenoxy) is 1. The van der Waals surface area contributed by atoms with Gasteiger partial charge in [-0.25, -0.2) is 9.97 Å². The summed E-state index contributed by atoms with van der Waals surface area (Å²) in [6.07, 6.45) is 3.00. The van der Waals surface area contributed by atoms with Crippen molar-refractivity contribution in [2.45, 2.75) is 13.3 Å². The molecule has 0 saturated carbocycles. The molecular formula is C18H30N6O. The highest BCUT2D eigenvalue weighted by atomic mass is 16.5. The van der Waals surface area contributed by atoms with Gasteiger partial charge in [-0.2, -0.15) is 0 Å². The first kappa shape index (κ1) is 17.0. The van der Waals surface area contributed by atoms with Crippen molar-refractivity contribution in [3.63, 3.8) is 0 Å². The SMILES string of the molecule is CC1(CN2CCN(c3cc(N4CCOCC4)ncn3)CC2)CCNC1. The van der Waals surface area contributed by atoms with Gasteiger partial charge in [-0.15, -0.1) is 0 Å². The molecule has 1 unspecified atom stereocenters. The molecule has 0 aliphatic carbocycles. The Balaban J connectivity index is 1.34. The fourth-order valence-electron chi connectivity index (χ4n) is 4.15. The molecular weight excluding hydrogens is 316 g/mol. The summed E-state index contributed by atoms with van der Waals surface area (Å²) < 4.78 is 5.44. The highest BCUT2D eigenvalue weighted by Crippen LogP contribution is 2.27. The standard InChI is InChI=1S/C18H30N6O/c1-18(2-3-19-13-18)14-22-4-6-23(7-5-22)16-12-17(21-15-20-16)24-8-10-25-11-9-24/h12,15,19H,2-11,13-14H2,1H3. The smallest absolute Gasteiger partial charge is 0.134 e. The summed E-state index contributed by atoms with van der Waals surface area (Å²) in [6, 6.07) is 2.14. The van der Waals surface area contributed by atoms with Crippen molar-refractivity contribution in [3.05, 3.63) is 12.4 Å². The third-order valence-corrected chi connectivity index (χ3v) is 5.73. The zero-order valence-corrected chi connectivity index (χ0v) is 15.3. The molecule has 3 saturated heterocycles. The Labute approximate surface area is 150 Å². The quantitative estimate of drug-likeness (QED) is 0.849. The van der Waals surface area contributed by atoms with Crippen LogP contribution in [0.1, 0.15) is 13.3 Å². The maximum absolute atomic E-state index is 5.44. The molecule has 3 aliphatic rings. The van der Waals surface area contributed by atoms with E-state index in [-0.39, 0.29) is 0 Å². The zero-order valence-electron chi connectivity index (χ0n) is 15.3. The van der Waals surface area contributed by atoms with Gasteiger partial charge in [-0.3, -0.25) is 4.90 Å². The molecule has 25 heavy (non-hydrogen) atoms. The van der Waals surface area contributed by atoms with Gasteiger partial charge < -0.3 is 19.9 Å². The van der Waals surface area contributed by atoms with Crippen molar-refractivity contribution in [1.29, 1.82) is 0 Å². The van der Waals surface area contributed by atoms with Crippen LogP contribution >= 0.6 is 0 Å². The minimum atomic E-state index is 0.445. The lowest BCUT2D eigenvalue weighted by Gasteiger charge is -2.39. The van der Waals surface area contributed by atoms with Crippen LogP contribution in [0.25, 0.3) is 0 Å². The van der Waals surface area contributed by atoms with Gasteiger partial charge in [0.25, 0.3) is 0 Å². The number of hydrogen-bond acceptors (Lipinski definition) is 7.